The molecule has 0 spiro atoms. The Morgan fingerprint density at radius 1 is 1.29 bits per heavy atom. The fourth-order valence-electron chi connectivity index (χ4n) is 2.87. The summed E-state index contributed by atoms with van der Waals surface area (Å²) in [7, 11) is 0. The number of nitrogens with one attached hydrogen (secondary N) is 2. The number of nitrogens with zero attached hydrogens (tertiary/aromatic N) is 2. The van der Waals surface area contributed by atoms with Gasteiger partial charge in [0.1, 0.15) is 0 Å². The van der Waals surface area contributed by atoms with Gasteiger partial charge in [-0.25, -0.2) is 4.79 Å². The maximum absolute atomic E-state index is 12.0. The van der Waals surface area contributed by atoms with Crippen molar-refractivity contribution in [2.24, 2.45) is 0 Å². The number of hydrogen-bond donors (Lipinski definition) is 2. The summed E-state index contributed by atoms with van der Waals surface area (Å²) in [4.78, 5) is 18.5. The van der Waals surface area contributed by atoms with Crippen LogP contribution in [0.2, 0.25) is 5.02 Å². The van der Waals surface area contributed by atoms with Crippen molar-refractivity contribution >= 4 is 23.3 Å². The van der Waals surface area contributed by atoms with Crippen molar-refractivity contribution in [2.75, 3.05) is 24.5 Å². The Hall–Kier alpha value is -2.27. The van der Waals surface area contributed by atoms with E-state index in [4.69, 9.17) is 11.6 Å². The second-order valence-corrected chi connectivity index (χ2v) is 6.32. The molecule has 0 saturated carbocycles. The maximum Gasteiger partial charge on any atom is 0.315 e. The van der Waals surface area contributed by atoms with Gasteiger partial charge in [0.25, 0.3) is 0 Å². The highest BCUT2D eigenvalue weighted by Gasteiger charge is 2.24. The van der Waals surface area contributed by atoms with E-state index in [-0.39, 0.29) is 12.1 Å². The summed E-state index contributed by atoms with van der Waals surface area (Å²) in [5, 5.41) is 6.66. The lowest BCUT2D eigenvalue weighted by molar-refractivity contribution is 0.238. The number of carbonyl (C=O) groups is 1. The van der Waals surface area contributed by atoms with Crippen molar-refractivity contribution in [3.05, 3.63) is 59.4 Å². The zero-order chi connectivity index (χ0) is 16.8. The van der Waals surface area contributed by atoms with E-state index in [1.807, 2.05) is 42.5 Å². The van der Waals surface area contributed by atoms with Crippen molar-refractivity contribution in [1.82, 2.24) is 15.6 Å². The van der Waals surface area contributed by atoms with Crippen LogP contribution in [0.25, 0.3) is 0 Å². The Bertz CT molecular complexity index is 680. The molecule has 1 aliphatic heterocycles. The molecule has 1 fully saturated rings. The third kappa shape index (κ3) is 4.61. The smallest absolute Gasteiger partial charge is 0.315 e. The monoisotopic (exact) mass is 344 g/mol. The molecule has 24 heavy (non-hydrogen) atoms. The number of urea groups is 1. The first kappa shape index (κ1) is 16.6. The zero-order valence-corrected chi connectivity index (χ0v) is 14.2. The molecule has 3 rings (SSSR count). The van der Waals surface area contributed by atoms with Gasteiger partial charge >= 0.3 is 6.03 Å². The van der Waals surface area contributed by atoms with E-state index in [0.717, 1.165) is 42.3 Å². The predicted molar refractivity (Wildman–Crippen MR) is 96.5 cm³/mol. The van der Waals surface area contributed by atoms with Crippen LogP contribution in [-0.2, 0) is 6.42 Å². The van der Waals surface area contributed by atoms with Crippen LogP contribution in [0.5, 0.6) is 0 Å². The fraction of sp³-hybridized carbons (Fsp3) is 0.333. The molecule has 0 aliphatic carbocycles. The van der Waals surface area contributed by atoms with Crippen LogP contribution in [-0.4, -0.2) is 36.7 Å². The number of hydrogen-bond acceptors (Lipinski definition) is 3. The van der Waals surface area contributed by atoms with E-state index < -0.39 is 0 Å². The average molecular weight is 345 g/mol. The number of amides is 2. The van der Waals surface area contributed by atoms with Gasteiger partial charge in [-0.15, -0.1) is 0 Å². The lowest BCUT2D eigenvalue weighted by Gasteiger charge is -2.19. The van der Waals surface area contributed by atoms with Crippen LogP contribution in [0.1, 0.15) is 12.1 Å². The molecule has 1 aromatic carbocycles. The molecular formula is C18H21ClN4O. The molecule has 0 bridgehead atoms. The molecule has 6 heteroatoms. The third-order valence-electron chi connectivity index (χ3n) is 4.09. The molecule has 1 saturated heterocycles. The Kier molecular flexibility index (Phi) is 5.54. The molecule has 1 unspecified atom stereocenters. The second-order valence-electron chi connectivity index (χ2n) is 5.88. The lowest BCUT2D eigenvalue weighted by Crippen LogP contribution is -2.44. The van der Waals surface area contributed by atoms with Crippen molar-refractivity contribution in [2.45, 2.75) is 18.9 Å². The number of pyridine rings is 1. The first-order chi connectivity index (χ1) is 11.7. The van der Waals surface area contributed by atoms with E-state index >= 15 is 0 Å². The molecular weight excluding hydrogens is 324 g/mol. The lowest BCUT2D eigenvalue weighted by atomic mass is 10.2. The predicted octanol–water partition coefficient (Wildman–Crippen LogP) is 2.86. The Labute approximate surface area is 147 Å². The molecule has 2 N–H and O–H groups in total. The molecule has 1 aromatic heterocycles. The number of carbonyl (C=O) groups excluding carboxylic acids is 1. The minimum absolute atomic E-state index is 0.121. The third-order valence-corrected chi connectivity index (χ3v) is 4.32. The van der Waals surface area contributed by atoms with E-state index in [1.165, 1.54) is 0 Å². The van der Waals surface area contributed by atoms with Crippen molar-refractivity contribution in [1.29, 1.82) is 0 Å². The number of halogens is 1. The first-order valence-corrected chi connectivity index (χ1v) is 8.53. The minimum Gasteiger partial charge on any atom is -0.369 e. The number of benzene rings is 1. The highest BCUT2D eigenvalue weighted by atomic mass is 35.5. The summed E-state index contributed by atoms with van der Waals surface area (Å²) in [6.45, 7) is 2.29. The first-order valence-electron chi connectivity index (χ1n) is 8.15. The second kappa shape index (κ2) is 8.02. The van der Waals surface area contributed by atoms with Crippen LogP contribution in [0, 0.1) is 0 Å². The Morgan fingerprint density at radius 3 is 3.00 bits per heavy atom. The van der Waals surface area contributed by atoms with Crippen LogP contribution in [0.4, 0.5) is 10.5 Å². The van der Waals surface area contributed by atoms with Gasteiger partial charge in [-0.05, 0) is 36.8 Å². The van der Waals surface area contributed by atoms with E-state index in [2.05, 4.69) is 20.5 Å². The summed E-state index contributed by atoms with van der Waals surface area (Å²) in [6, 6.07) is 13.6. The van der Waals surface area contributed by atoms with Gasteiger partial charge in [0.2, 0.25) is 0 Å². The summed E-state index contributed by atoms with van der Waals surface area (Å²) in [5.41, 5.74) is 2.08. The van der Waals surface area contributed by atoms with E-state index in [1.54, 1.807) is 6.20 Å². The molecule has 2 heterocycles. The molecule has 2 aromatic rings. The van der Waals surface area contributed by atoms with Gasteiger partial charge in [-0.1, -0.05) is 23.7 Å². The van der Waals surface area contributed by atoms with Crippen molar-refractivity contribution in [3.63, 3.8) is 0 Å². The fourth-order valence-corrected chi connectivity index (χ4v) is 3.06. The van der Waals surface area contributed by atoms with Crippen molar-refractivity contribution < 1.29 is 4.79 Å². The highest BCUT2D eigenvalue weighted by Crippen LogP contribution is 2.23. The molecule has 126 valence electrons. The summed E-state index contributed by atoms with van der Waals surface area (Å²) in [6.07, 6.45) is 3.42. The normalized spacial score (nSPS) is 16.9. The standard InChI is InChI=1S/C18H21ClN4O/c19-14-4-3-6-17(12-14)23-11-8-16(13-23)22-18(24)21-10-7-15-5-1-2-9-20-15/h1-6,9,12,16H,7-8,10-11,13H2,(H2,21,22,24). The highest BCUT2D eigenvalue weighted by molar-refractivity contribution is 6.30. The summed E-state index contributed by atoms with van der Waals surface area (Å²) >= 11 is 6.04. The van der Waals surface area contributed by atoms with E-state index in [0.29, 0.717) is 6.54 Å². The van der Waals surface area contributed by atoms with Gasteiger partial charge in [0.15, 0.2) is 0 Å². The number of aromatic nitrogens is 1. The van der Waals surface area contributed by atoms with Gasteiger partial charge < -0.3 is 15.5 Å². The van der Waals surface area contributed by atoms with E-state index in [9.17, 15) is 4.79 Å². The van der Waals surface area contributed by atoms with Gasteiger partial charge in [0.05, 0.1) is 0 Å². The summed E-state index contributed by atoms with van der Waals surface area (Å²) in [5.74, 6) is 0. The van der Waals surface area contributed by atoms with Gasteiger partial charge in [-0.2, -0.15) is 0 Å². The summed E-state index contributed by atoms with van der Waals surface area (Å²) < 4.78 is 0. The largest absolute Gasteiger partial charge is 0.369 e. The number of rotatable bonds is 5. The van der Waals surface area contributed by atoms with Gasteiger partial charge in [-0.3, -0.25) is 4.98 Å². The van der Waals surface area contributed by atoms with Crippen LogP contribution >= 0.6 is 11.6 Å². The van der Waals surface area contributed by atoms with Crippen LogP contribution in [0.15, 0.2) is 48.7 Å². The molecule has 0 radical (unpaired) electrons. The maximum atomic E-state index is 12.0. The van der Waals surface area contributed by atoms with Gasteiger partial charge in [0, 0.05) is 54.7 Å². The molecule has 2 amide bonds. The molecule has 1 atom stereocenters. The Balaban J connectivity index is 1.41. The zero-order valence-electron chi connectivity index (χ0n) is 13.4. The van der Waals surface area contributed by atoms with Crippen molar-refractivity contribution in [3.8, 4) is 0 Å². The van der Waals surface area contributed by atoms with Crippen LogP contribution < -0.4 is 15.5 Å². The average Bonchev–Trinajstić information content (AvgIpc) is 3.04. The minimum atomic E-state index is -0.121. The molecule has 5 nitrogen and oxygen atoms in total. The Morgan fingerprint density at radius 2 is 2.21 bits per heavy atom. The molecule has 1 aliphatic rings. The quantitative estimate of drug-likeness (QED) is 0.877. The number of anilines is 1. The SMILES string of the molecule is O=C(NCCc1ccccn1)NC1CCN(c2cccc(Cl)c2)C1. The topological polar surface area (TPSA) is 57.3 Å². The van der Waals surface area contributed by atoms with Crippen LogP contribution in [0.3, 0.4) is 0 Å².